The van der Waals surface area contributed by atoms with Crippen LogP contribution in [0.15, 0.2) is 24.3 Å². The Labute approximate surface area is 97.9 Å². The van der Waals surface area contributed by atoms with Crippen molar-refractivity contribution >= 4 is 0 Å². The Morgan fingerprint density at radius 1 is 1.35 bits per heavy atom. The Morgan fingerprint density at radius 3 is 2.94 bits per heavy atom. The van der Waals surface area contributed by atoms with Gasteiger partial charge in [0.1, 0.15) is 17.5 Å². The van der Waals surface area contributed by atoms with Crippen molar-refractivity contribution in [3.05, 3.63) is 41.2 Å². The van der Waals surface area contributed by atoms with Gasteiger partial charge < -0.3 is 10.4 Å². The molecule has 0 saturated carbocycles. The SMILES string of the molecule is N#Cc1nn(-c2ccccc2O)c2c1CNC2. The zero-order valence-corrected chi connectivity index (χ0v) is 9.01. The van der Waals surface area contributed by atoms with Crippen LogP contribution in [0.1, 0.15) is 17.0 Å². The number of rotatable bonds is 1. The monoisotopic (exact) mass is 226 g/mol. The van der Waals surface area contributed by atoms with Gasteiger partial charge in [0.05, 0.1) is 5.69 Å². The number of fused-ring (bicyclic) bond motifs is 1. The molecule has 0 radical (unpaired) electrons. The lowest BCUT2D eigenvalue weighted by atomic mass is 10.2. The van der Waals surface area contributed by atoms with E-state index in [1.807, 2.05) is 6.07 Å². The molecular formula is C12H10N4O. The fourth-order valence-electron chi connectivity index (χ4n) is 2.09. The number of nitrogens with one attached hydrogen (secondary N) is 1. The number of nitriles is 1. The van der Waals surface area contributed by atoms with E-state index >= 15 is 0 Å². The molecule has 17 heavy (non-hydrogen) atoms. The number of hydrogen-bond acceptors (Lipinski definition) is 4. The van der Waals surface area contributed by atoms with E-state index < -0.39 is 0 Å². The van der Waals surface area contributed by atoms with E-state index in [-0.39, 0.29) is 5.75 Å². The maximum atomic E-state index is 9.81. The van der Waals surface area contributed by atoms with Gasteiger partial charge in [-0.3, -0.25) is 0 Å². The molecule has 3 rings (SSSR count). The van der Waals surface area contributed by atoms with Crippen LogP contribution in [0.3, 0.4) is 0 Å². The predicted octanol–water partition coefficient (Wildman–Crippen LogP) is 1.05. The van der Waals surface area contributed by atoms with E-state index in [0.29, 0.717) is 24.5 Å². The van der Waals surface area contributed by atoms with Gasteiger partial charge >= 0.3 is 0 Å². The Kier molecular flexibility index (Phi) is 2.10. The van der Waals surface area contributed by atoms with Crippen LogP contribution in [0.4, 0.5) is 0 Å². The molecule has 1 aliphatic heterocycles. The molecule has 2 N–H and O–H groups in total. The Hall–Kier alpha value is -2.32. The molecule has 5 nitrogen and oxygen atoms in total. The topological polar surface area (TPSA) is 73.9 Å². The van der Waals surface area contributed by atoms with Crippen LogP contribution in [0.2, 0.25) is 0 Å². The molecule has 84 valence electrons. The molecule has 0 amide bonds. The minimum absolute atomic E-state index is 0.161. The van der Waals surface area contributed by atoms with Gasteiger partial charge in [-0.1, -0.05) is 12.1 Å². The first-order chi connectivity index (χ1) is 8.31. The number of hydrogen-bond donors (Lipinski definition) is 2. The van der Waals surface area contributed by atoms with Crippen LogP contribution in [0.5, 0.6) is 5.75 Å². The van der Waals surface area contributed by atoms with Crippen molar-refractivity contribution in [2.75, 3.05) is 0 Å². The summed E-state index contributed by atoms with van der Waals surface area (Å²) in [6.45, 7) is 1.32. The first kappa shape index (κ1) is 9.87. The van der Waals surface area contributed by atoms with Gasteiger partial charge in [0.2, 0.25) is 0 Å². The highest BCUT2D eigenvalue weighted by Crippen LogP contribution is 2.27. The third-order valence-electron chi connectivity index (χ3n) is 2.90. The second kappa shape index (κ2) is 3.61. The molecule has 0 spiro atoms. The average molecular weight is 226 g/mol. The smallest absolute Gasteiger partial charge is 0.167 e. The van der Waals surface area contributed by atoms with Crippen LogP contribution < -0.4 is 5.32 Å². The van der Waals surface area contributed by atoms with Crippen LogP contribution in [-0.2, 0) is 13.1 Å². The summed E-state index contributed by atoms with van der Waals surface area (Å²) in [4.78, 5) is 0. The maximum absolute atomic E-state index is 9.81. The van der Waals surface area contributed by atoms with Crippen molar-refractivity contribution in [3.63, 3.8) is 0 Å². The molecule has 0 atom stereocenters. The minimum atomic E-state index is 0.161. The molecule has 0 bridgehead atoms. The van der Waals surface area contributed by atoms with Crippen LogP contribution in [0.25, 0.3) is 5.69 Å². The summed E-state index contributed by atoms with van der Waals surface area (Å²) in [5, 5.41) is 26.2. The van der Waals surface area contributed by atoms with Crippen molar-refractivity contribution in [2.45, 2.75) is 13.1 Å². The Bertz CT molecular complexity index is 624. The van der Waals surface area contributed by atoms with E-state index in [1.54, 1.807) is 22.9 Å². The summed E-state index contributed by atoms with van der Waals surface area (Å²) in [7, 11) is 0. The second-order valence-electron chi connectivity index (χ2n) is 3.89. The van der Waals surface area contributed by atoms with Gasteiger partial charge in [0.15, 0.2) is 5.69 Å². The summed E-state index contributed by atoms with van der Waals surface area (Å²) in [6.07, 6.45) is 0. The van der Waals surface area contributed by atoms with Gasteiger partial charge in [0.25, 0.3) is 0 Å². The maximum Gasteiger partial charge on any atom is 0.167 e. The summed E-state index contributed by atoms with van der Waals surface area (Å²) in [6, 6.07) is 9.06. The number of para-hydroxylation sites is 2. The van der Waals surface area contributed by atoms with Crippen LogP contribution in [0, 0.1) is 11.3 Å². The molecule has 1 aromatic heterocycles. The molecule has 0 unspecified atom stereocenters. The predicted molar refractivity (Wildman–Crippen MR) is 60.5 cm³/mol. The normalized spacial score (nSPS) is 13.4. The summed E-state index contributed by atoms with van der Waals surface area (Å²) < 4.78 is 1.64. The van der Waals surface area contributed by atoms with Crippen molar-refractivity contribution < 1.29 is 5.11 Å². The molecule has 2 heterocycles. The largest absolute Gasteiger partial charge is 0.506 e. The number of phenolic OH excluding ortho intramolecular Hbond substituents is 1. The highest BCUT2D eigenvalue weighted by molar-refractivity contribution is 5.49. The molecule has 0 fully saturated rings. The quantitative estimate of drug-likeness (QED) is 0.762. The molecule has 1 aliphatic rings. The van der Waals surface area contributed by atoms with E-state index in [4.69, 9.17) is 5.26 Å². The fraction of sp³-hybridized carbons (Fsp3) is 0.167. The third-order valence-corrected chi connectivity index (χ3v) is 2.90. The zero-order valence-electron chi connectivity index (χ0n) is 9.01. The molecule has 0 aliphatic carbocycles. The fourth-order valence-corrected chi connectivity index (χ4v) is 2.09. The van der Waals surface area contributed by atoms with E-state index in [1.165, 1.54) is 0 Å². The van der Waals surface area contributed by atoms with Crippen molar-refractivity contribution in [2.24, 2.45) is 0 Å². The lowest BCUT2D eigenvalue weighted by molar-refractivity contribution is 0.469. The molecule has 5 heteroatoms. The first-order valence-corrected chi connectivity index (χ1v) is 5.31. The van der Waals surface area contributed by atoms with Gasteiger partial charge in [-0.05, 0) is 12.1 Å². The molecule has 0 saturated heterocycles. The number of aromatic nitrogens is 2. The van der Waals surface area contributed by atoms with E-state index in [2.05, 4.69) is 16.5 Å². The molecule has 2 aromatic rings. The van der Waals surface area contributed by atoms with Crippen molar-refractivity contribution in [1.29, 1.82) is 5.26 Å². The van der Waals surface area contributed by atoms with E-state index in [0.717, 1.165) is 11.3 Å². The summed E-state index contributed by atoms with van der Waals surface area (Å²) in [5.41, 5.74) is 2.90. The third kappa shape index (κ3) is 1.39. The summed E-state index contributed by atoms with van der Waals surface area (Å²) >= 11 is 0. The molecule has 1 aromatic carbocycles. The van der Waals surface area contributed by atoms with Crippen LogP contribution in [-0.4, -0.2) is 14.9 Å². The average Bonchev–Trinajstić information content (AvgIpc) is 2.91. The highest BCUT2D eigenvalue weighted by atomic mass is 16.3. The van der Waals surface area contributed by atoms with Gasteiger partial charge in [-0.25, -0.2) is 4.68 Å². The van der Waals surface area contributed by atoms with Crippen LogP contribution >= 0.6 is 0 Å². The van der Waals surface area contributed by atoms with Gasteiger partial charge in [0, 0.05) is 18.7 Å². The zero-order chi connectivity index (χ0) is 11.8. The number of phenols is 1. The van der Waals surface area contributed by atoms with E-state index in [9.17, 15) is 5.11 Å². The van der Waals surface area contributed by atoms with Gasteiger partial charge in [-0.2, -0.15) is 10.4 Å². The number of nitrogens with zero attached hydrogens (tertiary/aromatic N) is 3. The number of benzene rings is 1. The lowest BCUT2D eigenvalue weighted by Crippen LogP contribution is -2.08. The second-order valence-corrected chi connectivity index (χ2v) is 3.89. The van der Waals surface area contributed by atoms with Crippen molar-refractivity contribution in [3.8, 4) is 17.5 Å². The summed E-state index contributed by atoms with van der Waals surface area (Å²) in [5.74, 6) is 0.161. The lowest BCUT2D eigenvalue weighted by Gasteiger charge is -2.06. The highest BCUT2D eigenvalue weighted by Gasteiger charge is 2.23. The standard InChI is InChI=1S/C12H10N4O/c13-5-9-8-6-14-7-11(8)16(15-9)10-3-1-2-4-12(10)17/h1-4,14,17H,6-7H2. The van der Waals surface area contributed by atoms with Crippen molar-refractivity contribution in [1.82, 2.24) is 15.1 Å². The molecular weight excluding hydrogens is 216 g/mol. The Morgan fingerprint density at radius 2 is 2.18 bits per heavy atom. The minimum Gasteiger partial charge on any atom is -0.506 e. The van der Waals surface area contributed by atoms with Gasteiger partial charge in [-0.15, -0.1) is 0 Å². The first-order valence-electron chi connectivity index (χ1n) is 5.31. The number of aromatic hydroxyl groups is 1. The Balaban J connectivity index is 2.24.